The molecular formula is C10H14O4P+. The molecular weight excluding hydrogens is 215 g/mol. The molecule has 0 spiro atoms. The normalized spacial score (nSPS) is 11.5. The van der Waals surface area contributed by atoms with Gasteiger partial charge in [-0.3, -0.25) is 4.79 Å². The number of rotatable bonds is 4. The second kappa shape index (κ2) is 4.81. The standard InChI is InChI=1S/C10H14O4P/c1-8(11)9-4-6-10(7-5-9)15(12,13-2)14-3/h4-7,12H,1-3H3/q+1. The van der Waals surface area contributed by atoms with Gasteiger partial charge in [-0.25, -0.2) is 0 Å². The molecule has 1 aromatic rings. The SMILES string of the molecule is CO[P+](O)(OC)c1ccc(C(C)=O)cc1. The zero-order valence-electron chi connectivity index (χ0n) is 8.93. The van der Waals surface area contributed by atoms with Crippen LogP contribution in [0.4, 0.5) is 0 Å². The number of hydrogen-bond acceptors (Lipinski definition) is 4. The fourth-order valence-electron chi connectivity index (χ4n) is 1.17. The molecule has 1 aromatic carbocycles. The average Bonchev–Trinajstić information content (AvgIpc) is 2.28. The van der Waals surface area contributed by atoms with Crippen molar-refractivity contribution in [2.75, 3.05) is 14.2 Å². The van der Waals surface area contributed by atoms with Crippen LogP contribution in [-0.4, -0.2) is 24.9 Å². The largest absolute Gasteiger partial charge is 0.445 e. The maximum atomic E-state index is 11.0. The van der Waals surface area contributed by atoms with E-state index in [1.54, 1.807) is 24.3 Å². The summed E-state index contributed by atoms with van der Waals surface area (Å²) in [7, 11) is -0.175. The number of benzene rings is 1. The summed E-state index contributed by atoms with van der Waals surface area (Å²) in [6.45, 7) is 1.49. The first-order valence-electron chi connectivity index (χ1n) is 4.38. The third-order valence-corrected chi connectivity index (χ3v) is 4.04. The average molecular weight is 229 g/mol. The molecule has 1 rings (SSSR count). The molecule has 15 heavy (non-hydrogen) atoms. The highest BCUT2D eigenvalue weighted by molar-refractivity contribution is 7.68. The zero-order chi connectivity index (χ0) is 11.5. The molecule has 0 saturated heterocycles. The van der Waals surface area contributed by atoms with Crippen LogP contribution in [0.3, 0.4) is 0 Å². The summed E-state index contributed by atoms with van der Waals surface area (Å²) in [5, 5.41) is 0.553. The Balaban J connectivity index is 3.02. The molecule has 82 valence electrons. The minimum atomic E-state index is -2.94. The third-order valence-electron chi connectivity index (χ3n) is 2.10. The Labute approximate surface area is 89.4 Å². The Hall–Kier alpha value is -0.800. The van der Waals surface area contributed by atoms with E-state index in [0.29, 0.717) is 10.9 Å². The maximum Gasteiger partial charge on any atom is 0.445 e. The minimum Gasteiger partial charge on any atom is -0.295 e. The van der Waals surface area contributed by atoms with Crippen LogP contribution in [0.2, 0.25) is 0 Å². The van der Waals surface area contributed by atoms with E-state index in [1.165, 1.54) is 21.1 Å². The second-order valence-electron chi connectivity index (χ2n) is 2.99. The van der Waals surface area contributed by atoms with Crippen molar-refractivity contribution in [2.45, 2.75) is 6.92 Å². The van der Waals surface area contributed by atoms with Gasteiger partial charge in [0, 0.05) is 5.56 Å². The molecule has 0 aliphatic carbocycles. The van der Waals surface area contributed by atoms with Crippen LogP contribution in [-0.2, 0) is 9.05 Å². The Morgan fingerprint density at radius 3 is 2.00 bits per heavy atom. The summed E-state index contributed by atoms with van der Waals surface area (Å²) in [5.41, 5.74) is 0.595. The lowest BCUT2D eigenvalue weighted by molar-refractivity contribution is 0.101. The summed E-state index contributed by atoms with van der Waals surface area (Å²) in [5.74, 6) is -0.0155. The molecule has 4 nitrogen and oxygen atoms in total. The van der Waals surface area contributed by atoms with E-state index < -0.39 is 7.94 Å². The van der Waals surface area contributed by atoms with Crippen molar-refractivity contribution in [3.05, 3.63) is 29.8 Å². The summed E-state index contributed by atoms with van der Waals surface area (Å²) in [6, 6.07) is 6.55. The quantitative estimate of drug-likeness (QED) is 0.628. The molecule has 1 N–H and O–H groups in total. The van der Waals surface area contributed by atoms with Gasteiger partial charge in [-0.05, 0) is 31.2 Å². The highest BCUT2D eigenvalue weighted by Gasteiger charge is 2.41. The summed E-state index contributed by atoms with van der Waals surface area (Å²) in [6.07, 6.45) is 0. The van der Waals surface area contributed by atoms with Gasteiger partial charge in [-0.2, -0.15) is 13.9 Å². The van der Waals surface area contributed by atoms with Gasteiger partial charge in [0.05, 0.1) is 14.2 Å². The molecule has 0 bridgehead atoms. The smallest absolute Gasteiger partial charge is 0.295 e. The summed E-state index contributed by atoms with van der Waals surface area (Å²) < 4.78 is 9.87. The first-order valence-corrected chi connectivity index (χ1v) is 5.96. The van der Waals surface area contributed by atoms with Crippen molar-refractivity contribution in [3.63, 3.8) is 0 Å². The van der Waals surface area contributed by atoms with E-state index in [9.17, 15) is 9.69 Å². The van der Waals surface area contributed by atoms with Gasteiger partial charge in [0.25, 0.3) is 0 Å². The lowest BCUT2D eigenvalue weighted by Gasteiger charge is -2.12. The highest BCUT2D eigenvalue weighted by atomic mass is 31.2. The molecule has 0 atom stereocenters. The van der Waals surface area contributed by atoms with Gasteiger partial charge in [-0.15, -0.1) is 0 Å². The number of hydrogen-bond donors (Lipinski definition) is 1. The van der Waals surface area contributed by atoms with Crippen LogP contribution in [0.5, 0.6) is 0 Å². The van der Waals surface area contributed by atoms with Crippen molar-refractivity contribution in [1.82, 2.24) is 0 Å². The van der Waals surface area contributed by atoms with Crippen LogP contribution in [0.25, 0.3) is 0 Å². The van der Waals surface area contributed by atoms with Crippen molar-refractivity contribution in [3.8, 4) is 0 Å². The monoisotopic (exact) mass is 229 g/mol. The van der Waals surface area contributed by atoms with E-state index >= 15 is 0 Å². The second-order valence-corrected chi connectivity index (χ2v) is 5.28. The molecule has 5 heteroatoms. The number of carbonyl (C=O) groups excluding carboxylic acids is 1. The van der Waals surface area contributed by atoms with Crippen molar-refractivity contribution < 1.29 is 18.7 Å². The predicted molar refractivity (Wildman–Crippen MR) is 59.2 cm³/mol. The van der Waals surface area contributed by atoms with E-state index in [1.807, 2.05) is 0 Å². The van der Waals surface area contributed by atoms with Crippen molar-refractivity contribution in [2.24, 2.45) is 0 Å². The molecule has 0 unspecified atom stereocenters. The minimum absolute atomic E-state index is 0.0155. The Morgan fingerprint density at radius 2 is 1.67 bits per heavy atom. The Kier molecular flexibility index (Phi) is 3.94. The molecule has 0 fully saturated rings. The number of carbonyl (C=O) groups is 1. The first-order chi connectivity index (χ1) is 7.03. The van der Waals surface area contributed by atoms with E-state index in [-0.39, 0.29) is 5.78 Å². The van der Waals surface area contributed by atoms with E-state index in [4.69, 9.17) is 9.05 Å². The molecule has 0 aromatic heterocycles. The van der Waals surface area contributed by atoms with Crippen LogP contribution in [0.15, 0.2) is 24.3 Å². The summed E-state index contributed by atoms with van der Waals surface area (Å²) >= 11 is 0. The fourth-order valence-corrected chi connectivity index (χ4v) is 2.27. The van der Waals surface area contributed by atoms with Gasteiger partial charge in [0.1, 0.15) is 0 Å². The van der Waals surface area contributed by atoms with Crippen LogP contribution < -0.4 is 5.30 Å². The molecule has 0 amide bonds. The molecule has 0 aliphatic heterocycles. The van der Waals surface area contributed by atoms with E-state index in [0.717, 1.165) is 0 Å². The van der Waals surface area contributed by atoms with Crippen LogP contribution in [0, 0.1) is 0 Å². The third kappa shape index (κ3) is 2.61. The van der Waals surface area contributed by atoms with Gasteiger partial charge in [0.2, 0.25) is 0 Å². The van der Waals surface area contributed by atoms with Gasteiger partial charge in [0.15, 0.2) is 11.1 Å². The fraction of sp³-hybridized carbons (Fsp3) is 0.300. The van der Waals surface area contributed by atoms with Crippen LogP contribution >= 0.6 is 7.94 Å². The molecule has 0 saturated carbocycles. The predicted octanol–water partition coefficient (Wildman–Crippen LogP) is 1.56. The molecule has 0 heterocycles. The van der Waals surface area contributed by atoms with Gasteiger partial charge < -0.3 is 0 Å². The molecule has 0 aliphatic rings. The van der Waals surface area contributed by atoms with Crippen molar-refractivity contribution in [1.29, 1.82) is 0 Å². The van der Waals surface area contributed by atoms with E-state index in [2.05, 4.69) is 0 Å². The number of Topliss-reactive ketones (excluding diaryl/α,β-unsaturated/α-hetero) is 1. The van der Waals surface area contributed by atoms with Gasteiger partial charge in [-0.1, -0.05) is 0 Å². The Bertz CT molecular complexity index is 343. The first kappa shape index (κ1) is 12.3. The zero-order valence-corrected chi connectivity index (χ0v) is 9.82. The lowest BCUT2D eigenvalue weighted by atomic mass is 10.2. The van der Waals surface area contributed by atoms with Crippen LogP contribution in [0.1, 0.15) is 17.3 Å². The summed E-state index contributed by atoms with van der Waals surface area (Å²) in [4.78, 5) is 20.9. The topological polar surface area (TPSA) is 55.8 Å². The highest BCUT2D eigenvalue weighted by Crippen LogP contribution is 2.53. The molecule has 0 radical (unpaired) electrons. The lowest BCUT2D eigenvalue weighted by Crippen LogP contribution is -2.14. The maximum absolute atomic E-state index is 11.0. The number of ketones is 1. The van der Waals surface area contributed by atoms with Crippen molar-refractivity contribution >= 4 is 19.0 Å². The Morgan fingerprint density at radius 1 is 1.20 bits per heavy atom. The van der Waals surface area contributed by atoms with Gasteiger partial charge >= 0.3 is 7.94 Å².